The number of aromatic nitrogens is 2. The van der Waals surface area contributed by atoms with Gasteiger partial charge in [-0.2, -0.15) is 5.26 Å². The summed E-state index contributed by atoms with van der Waals surface area (Å²) >= 11 is 5.79. The third-order valence-corrected chi connectivity index (χ3v) is 4.27. The van der Waals surface area contributed by atoms with Gasteiger partial charge in [-0.3, -0.25) is 4.79 Å². The molecule has 2 aromatic rings. The van der Waals surface area contributed by atoms with Crippen LogP contribution in [-0.2, 0) is 4.79 Å². The van der Waals surface area contributed by atoms with Gasteiger partial charge in [0, 0.05) is 31.4 Å². The summed E-state index contributed by atoms with van der Waals surface area (Å²) in [7, 11) is 0. The van der Waals surface area contributed by atoms with Crippen molar-refractivity contribution in [1.29, 1.82) is 5.26 Å². The van der Waals surface area contributed by atoms with Gasteiger partial charge in [0.15, 0.2) is 0 Å². The highest BCUT2D eigenvalue weighted by Gasteiger charge is 2.25. The molecule has 1 aliphatic heterocycles. The number of carbonyl (C=O) groups is 1. The first-order valence-electron chi connectivity index (χ1n) is 7.69. The van der Waals surface area contributed by atoms with Crippen LogP contribution in [0.25, 0.3) is 0 Å². The van der Waals surface area contributed by atoms with Crippen molar-refractivity contribution in [1.82, 2.24) is 9.97 Å². The molecule has 0 saturated carbocycles. The minimum atomic E-state index is -0.0443. The van der Waals surface area contributed by atoms with Crippen LogP contribution in [0.2, 0.25) is 5.02 Å². The van der Waals surface area contributed by atoms with Crippen LogP contribution in [0.4, 0.5) is 11.6 Å². The van der Waals surface area contributed by atoms with Crippen LogP contribution in [0.1, 0.15) is 18.4 Å². The van der Waals surface area contributed by atoms with E-state index in [1.54, 1.807) is 24.4 Å². The van der Waals surface area contributed by atoms with Gasteiger partial charge < -0.3 is 10.2 Å². The summed E-state index contributed by atoms with van der Waals surface area (Å²) in [6, 6.07) is 9.05. The van der Waals surface area contributed by atoms with Crippen molar-refractivity contribution in [2.24, 2.45) is 5.92 Å². The Morgan fingerprint density at radius 3 is 2.58 bits per heavy atom. The van der Waals surface area contributed by atoms with E-state index in [-0.39, 0.29) is 11.8 Å². The fraction of sp³-hybridized carbons (Fsp3) is 0.294. The largest absolute Gasteiger partial charge is 0.357 e. The van der Waals surface area contributed by atoms with Crippen molar-refractivity contribution in [2.45, 2.75) is 12.8 Å². The van der Waals surface area contributed by atoms with Crippen molar-refractivity contribution in [2.75, 3.05) is 23.3 Å². The van der Waals surface area contributed by atoms with Crippen molar-refractivity contribution >= 4 is 29.1 Å². The van der Waals surface area contributed by atoms with Crippen LogP contribution >= 0.6 is 11.6 Å². The molecule has 3 rings (SSSR count). The predicted octanol–water partition coefficient (Wildman–Crippen LogP) is 2.86. The van der Waals surface area contributed by atoms with Crippen molar-refractivity contribution in [3.8, 4) is 6.07 Å². The predicted molar refractivity (Wildman–Crippen MR) is 91.8 cm³/mol. The summed E-state index contributed by atoms with van der Waals surface area (Å²) in [6.07, 6.45) is 4.58. The molecule has 24 heavy (non-hydrogen) atoms. The second-order valence-corrected chi connectivity index (χ2v) is 6.07. The van der Waals surface area contributed by atoms with E-state index in [4.69, 9.17) is 16.9 Å². The number of pyridine rings is 2. The highest BCUT2D eigenvalue weighted by atomic mass is 35.5. The summed E-state index contributed by atoms with van der Waals surface area (Å²) in [5.74, 6) is 1.29. The number of amides is 1. The molecule has 0 spiro atoms. The van der Waals surface area contributed by atoms with Gasteiger partial charge in [-0.1, -0.05) is 11.6 Å². The lowest BCUT2D eigenvalue weighted by Gasteiger charge is -2.32. The number of carbonyl (C=O) groups excluding carboxylic acids is 1. The van der Waals surface area contributed by atoms with Gasteiger partial charge in [0.1, 0.15) is 17.7 Å². The standard InChI is InChI=1S/C17H16ClN5O/c18-14-2-3-15(20-11-14)22-17(24)13-5-7-23(8-6-13)16-4-1-12(9-19)10-21-16/h1-4,10-11,13H,5-8H2,(H,20,22,24). The maximum atomic E-state index is 12.3. The number of anilines is 2. The van der Waals surface area contributed by atoms with E-state index in [0.29, 0.717) is 16.4 Å². The van der Waals surface area contributed by atoms with Crippen LogP contribution in [0.15, 0.2) is 36.7 Å². The van der Waals surface area contributed by atoms with Crippen LogP contribution in [0.5, 0.6) is 0 Å². The van der Waals surface area contributed by atoms with E-state index in [1.165, 1.54) is 6.20 Å². The summed E-state index contributed by atoms with van der Waals surface area (Å²) in [5.41, 5.74) is 0.545. The molecule has 0 unspecified atom stereocenters. The van der Waals surface area contributed by atoms with Crippen LogP contribution in [-0.4, -0.2) is 29.0 Å². The lowest BCUT2D eigenvalue weighted by Crippen LogP contribution is -2.38. The zero-order valence-corrected chi connectivity index (χ0v) is 13.7. The lowest BCUT2D eigenvalue weighted by atomic mass is 9.96. The van der Waals surface area contributed by atoms with E-state index >= 15 is 0 Å². The first-order chi connectivity index (χ1) is 11.7. The number of rotatable bonds is 3. The smallest absolute Gasteiger partial charge is 0.228 e. The molecule has 2 aromatic heterocycles. The third kappa shape index (κ3) is 3.81. The average molecular weight is 342 g/mol. The van der Waals surface area contributed by atoms with Gasteiger partial charge in [0.2, 0.25) is 5.91 Å². The van der Waals surface area contributed by atoms with Gasteiger partial charge in [-0.25, -0.2) is 9.97 Å². The molecule has 7 heteroatoms. The molecule has 3 heterocycles. The van der Waals surface area contributed by atoms with Crippen molar-refractivity contribution in [3.63, 3.8) is 0 Å². The Hall–Kier alpha value is -2.65. The molecule has 1 aliphatic rings. The lowest BCUT2D eigenvalue weighted by molar-refractivity contribution is -0.120. The summed E-state index contributed by atoms with van der Waals surface area (Å²) in [5, 5.41) is 12.2. The third-order valence-electron chi connectivity index (χ3n) is 4.05. The van der Waals surface area contributed by atoms with Gasteiger partial charge in [0.05, 0.1) is 10.6 Å². The molecule has 0 aliphatic carbocycles. The van der Waals surface area contributed by atoms with E-state index in [9.17, 15) is 4.79 Å². The molecule has 6 nitrogen and oxygen atoms in total. The molecular weight excluding hydrogens is 326 g/mol. The SMILES string of the molecule is N#Cc1ccc(N2CCC(C(=O)Nc3ccc(Cl)cn3)CC2)nc1. The summed E-state index contributed by atoms with van der Waals surface area (Å²) < 4.78 is 0. The number of halogens is 1. The highest BCUT2D eigenvalue weighted by molar-refractivity contribution is 6.30. The zero-order chi connectivity index (χ0) is 16.9. The minimum absolute atomic E-state index is 0.0164. The molecule has 1 N–H and O–H groups in total. The van der Waals surface area contributed by atoms with Gasteiger partial charge in [-0.05, 0) is 37.1 Å². The van der Waals surface area contributed by atoms with E-state index < -0.39 is 0 Å². The molecule has 0 atom stereocenters. The molecule has 1 saturated heterocycles. The number of nitrogens with zero attached hydrogens (tertiary/aromatic N) is 4. The Kier molecular flexibility index (Phi) is 4.92. The number of nitrogens with one attached hydrogen (secondary N) is 1. The quantitative estimate of drug-likeness (QED) is 0.928. The van der Waals surface area contributed by atoms with Crippen LogP contribution < -0.4 is 10.2 Å². The number of piperidine rings is 1. The van der Waals surface area contributed by atoms with Crippen LogP contribution in [0, 0.1) is 17.2 Å². The van der Waals surface area contributed by atoms with E-state index in [1.807, 2.05) is 6.07 Å². The van der Waals surface area contributed by atoms with E-state index in [0.717, 1.165) is 31.7 Å². The second kappa shape index (κ2) is 7.28. The normalized spacial score (nSPS) is 14.9. The first-order valence-corrected chi connectivity index (χ1v) is 8.07. The van der Waals surface area contributed by atoms with Crippen molar-refractivity contribution < 1.29 is 4.79 Å². The number of nitriles is 1. The monoisotopic (exact) mass is 341 g/mol. The molecule has 0 aromatic carbocycles. The molecule has 0 bridgehead atoms. The zero-order valence-electron chi connectivity index (χ0n) is 12.9. The number of hydrogen-bond donors (Lipinski definition) is 1. The first kappa shape index (κ1) is 16.2. The summed E-state index contributed by atoms with van der Waals surface area (Å²) in [6.45, 7) is 1.51. The van der Waals surface area contributed by atoms with Gasteiger partial charge >= 0.3 is 0 Å². The van der Waals surface area contributed by atoms with Gasteiger partial charge in [-0.15, -0.1) is 0 Å². The Morgan fingerprint density at radius 1 is 1.21 bits per heavy atom. The Labute approximate surface area is 145 Å². The fourth-order valence-electron chi connectivity index (χ4n) is 2.69. The highest BCUT2D eigenvalue weighted by Crippen LogP contribution is 2.23. The Bertz CT molecular complexity index is 746. The average Bonchev–Trinajstić information content (AvgIpc) is 2.64. The Balaban J connectivity index is 1.55. The molecule has 122 valence electrons. The molecular formula is C17H16ClN5O. The Morgan fingerprint density at radius 2 is 2.00 bits per heavy atom. The number of hydrogen-bond acceptors (Lipinski definition) is 5. The maximum absolute atomic E-state index is 12.3. The second-order valence-electron chi connectivity index (χ2n) is 5.63. The topological polar surface area (TPSA) is 81.9 Å². The minimum Gasteiger partial charge on any atom is -0.357 e. The van der Waals surface area contributed by atoms with E-state index in [2.05, 4.69) is 26.3 Å². The van der Waals surface area contributed by atoms with Crippen LogP contribution in [0.3, 0.4) is 0 Å². The maximum Gasteiger partial charge on any atom is 0.228 e. The fourth-order valence-corrected chi connectivity index (χ4v) is 2.80. The summed E-state index contributed by atoms with van der Waals surface area (Å²) in [4.78, 5) is 22.8. The van der Waals surface area contributed by atoms with Crippen molar-refractivity contribution in [3.05, 3.63) is 47.2 Å². The molecule has 1 fully saturated rings. The molecule has 0 radical (unpaired) electrons. The molecule has 1 amide bonds. The van der Waals surface area contributed by atoms with Gasteiger partial charge in [0.25, 0.3) is 0 Å².